The maximum Gasteiger partial charge on any atom is 0.418 e. The lowest BCUT2D eigenvalue weighted by molar-refractivity contribution is -0.384. The van der Waals surface area contributed by atoms with Crippen molar-refractivity contribution in [3.63, 3.8) is 0 Å². The van der Waals surface area contributed by atoms with E-state index in [9.17, 15) is 32.9 Å². The van der Waals surface area contributed by atoms with Gasteiger partial charge in [0.25, 0.3) is 11.6 Å². The normalized spacial score (nSPS) is 13.7. The van der Waals surface area contributed by atoms with Crippen molar-refractivity contribution in [1.82, 2.24) is 0 Å². The molecule has 0 bridgehead atoms. The van der Waals surface area contributed by atoms with Crippen LogP contribution in [-0.2, 0) is 11.0 Å². The van der Waals surface area contributed by atoms with Gasteiger partial charge in [-0.2, -0.15) is 13.2 Å². The van der Waals surface area contributed by atoms with Crippen molar-refractivity contribution < 1.29 is 27.7 Å². The van der Waals surface area contributed by atoms with Gasteiger partial charge in [0, 0.05) is 23.2 Å². The highest BCUT2D eigenvalue weighted by Gasteiger charge is 2.35. The third kappa shape index (κ3) is 4.83. The molecule has 152 valence electrons. The number of amides is 2. The summed E-state index contributed by atoms with van der Waals surface area (Å²) < 4.78 is 40.3. The summed E-state index contributed by atoms with van der Waals surface area (Å²) in [6.45, 7) is 0. The lowest BCUT2D eigenvalue weighted by atomic mass is 10.1. The van der Waals surface area contributed by atoms with Crippen molar-refractivity contribution in [3.8, 4) is 0 Å². The Morgan fingerprint density at radius 2 is 1.79 bits per heavy atom. The molecule has 1 saturated carbocycles. The van der Waals surface area contributed by atoms with Gasteiger partial charge < -0.3 is 10.6 Å². The summed E-state index contributed by atoms with van der Waals surface area (Å²) in [7, 11) is 0. The minimum Gasteiger partial charge on any atom is -0.326 e. The summed E-state index contributed by atoms with van der Waals surface area (Å²) in [4.78, 5) is 34.2. The zero-order chi connectivity index (χ0) is 21.3. The summed E-state index contributed by atoms with van der Waals surface area (Å²) in [6.07, 6.45) is -3.42. The fourth-order valence-corrected chi connectivity index (χ4v) is 2.73. The van der Waals surface area contributed by atoms with Crippen LogP contribution in [0, 0.1) is 16.0 Å². The Kier molecular flexibility index (Phi) is 5.47. The zero-order valence-corrected chi connectivity index (χ0v) is 15.3. The Hall–Kier alpha value is -3.14. The van der Waals surface area contributed by atoms with E-state index in [-0.39, 0.29) is 28.1 Å². The second-order valence-electron chi connectivity index (χ2n) is 6.40. The topological polar surface area (TPSA) is 101 Å². The van der Waals surface area contributed by atoms with E-state index in [0.29, 0.717) is 12.8 Å². The third-order valence-electron chi connectivity index (χ3n) is 4.19. The molecular formula is C18H13ClF3N3O4. The van der Waals surface area contributed by atoms with Gasteiger partial charge in [0.1, 0.15) is 5.02 Å². The fourth-order valence-electron chi connectivity index (χ4n) is 2.54. The lowest BCUT2D eigenvalue weighted by Crippen LogP contribution is -2.18. The van der Waals surface area contributed by atoms with Crippen LogP contribution in [0.3, 0.4) is 0 Å². The number of nitrogens with zero attached hydrogens (tertiary/aromatic N) is 1. The molecule has 0 aliphatic heterocycles. The molecule has 29 heavy (non-hydrogen) atoms. The highest BCUT2D eigenvalue weighted by Crippen LogP contribution is 2.38. The monoisotopic (exact) mass is 427 g/mol. The van der Waals surface area contributed by atoms with Crippen molar-refractivity contribution in [2.24, 2.45) is 5.92 Å². The number of rotatable bonds is 5. The van der Waals surface area contributed by atoms with Crippen LogP contribution in [0.25, 0.3) is 0 Å². The number of anilines is 2. The lowest BCUT2D eigenvalue weighted by Gasteiger charge is -2.16. The second-order valence-corrected chi connectivity index (χ2v) is 6.81. The van der Waals surface area contributed by atoms with Crippen LogP contribution in [0.1, 0.15) is 28.8 Å². The van der Waals surface area contributed by atoms with Crippen molar-refractivity contribution in [1.29, 1.82) is 0 Å². The zero-order valence-electron chi connectivity index (χ0n) is 14.5. The van der Waals surface area contributed by atoms with Crippen LogP contribution in [0.4, 0.5) is 30.2 Å². The number of carbonyl (C=O) groups excluding carboxylic acids is 2. The quantitative estimate of drug-likeness (QED) is 0.525. The molecule has 2 aromatic rings. The molecule has 1 fully saturated rings. The van der Waals surface area contributed by atoms with E-state index in [4.69, 9.17) is 11.6 Å². The molecule has 2 aromatic carbocycles. The van der Waals surface area contributed by atoms with E-state index < -0.39 is 33.9 Å². The minimum absolute atomic E-state index is 0.0469. The molecule has 0 unspecified atom stereocenters. The molecule has 7 nitrogen and oxygen atoms in total. The predicted molar refractivity (Wildman–Crippen MR) is 98.9 cm³/mol. The first-order valence-corrected chi connectivity index (χ1v) is 8.71. The van der Waals surface area contributed by atoms with Crippen LogP contribution >= 0.6 is 11.6 Å². The van der Waals surface area contributed by atoms with Crippen LogP contribution in [-0.4, -0.2) is 16.7 Å². The standard InChI is InChI=1S/C18H13ClF3N3O4/c19-13-5-3-10(7-15(13)25(28)29)17(27)24-14-6-4-11(8-12(14)18(20,21)22)23-16(26)9-1-2-9/h3-9H,1-2H2,(H,23,26)(H,24,27). The molecule has 0 atom stereocenters. The number of hydrogen-bond donors (Lipinski definition) is 2. The van der Waals surface area contributed by atoms with Crippen LogP contribution in [0.2, 0.25) is 5.02 Å². The smallest absolute Gasteiger partial charge is 0.326 e. The van der Waals surface area contributed by atoms with Gasteiger partial charge in [-0.05, 0) is 43.2 Å². The number of nitrogens with one attached hydrogen (secondary N) is 2. The van der Waals surface area contributed by atoms with E-state index in [1.807, 2.05) is 0 Å². The maximum absolute atomic E-state index is 13.4. The third-order valence-corrected chi connectivity index (χ3v) is 4.51. The first-order chi connectivity index (χ1) is 13.6. The van der Waals surface area contributed by atoms with Gasteiger partial charge in [-0.25, -0.2) is 0 Å². The summed E-state index contributed by atoms with van der Waals surface area (Å²) in [5.41, 5.74) is -2.55. The maximum atomic E-state index is 13.4. The SMILES string of the molecule is O=C(Nc1ccc(NC(=O)C2CC2)cc1C(F)(F)F)c1ccc(Cl)c([N+](=O)[O-])c1. The molecule has 11 heteroatoms. The summed E-state index contributed by atoms with van der Waals surface area (Å²) in [5.74, 6) is -1.53. The molecule has 2 N–H and O–H groups in total. The Labute approximate surface area is 167 Å². The molecule has 0 radical (unpaired) electrons. The number of alkyl halides is 3. The Morgan fingerprint density at radius 3 is 2.38 bits per heavy atom. The minimum atomic E-state index is -4.81. The highest BCUT2D eigenvalue weighted by atomic mass is 35.5. The Bertz CT molecular complexity index is 1010. The van der Waals surface area contributed by atoms with Gasteiger partial charge >= 0.3 is 6.18 Å². The highest BCUT2D eigenvalue weighted by molar-refractivity contribution is 6.32. The van der Waals surface area contributed by atoms with Gasteiger partial charge in [0.15, 0.2) is 0 Å². The molecule has 0 spiro atoms. The molecule has 0 saturated heterocycles. The van der Waals surface area contributed by atoms with E-state index in [1.54, 1.807) is 0 Å². The van der Waals surface area contributed by atoms with Crippen LogP contribution in [0.5, 0.6) is 0 Å². The molecule has 1 aliphatic rings. The van der Waals surface area contributed by atoms with Gasteiger partial charge in [-0.3, -0.25) is 19.7 Å². The Morgan fingerprint density at radius 1 is 1.10 bits per heavy atom. The van der Waals surface area contributed by atoms with E-state index in [2.05, 4.69) is 10.6 Å². The average molecular weight is 428 g/mol. The first-order valence-electron chi connectivity index (χ1n) is 8.33. The van der Waals surface area contributed by atoms with Gasteiger partial charge in [-0.1, -0.05) is 11.6 Å². The molecule has 3 rings (SSSR count). The summed E-state index contributed by atoms with van der Waals surface area (Å²) >= 11 is 5.67. The van der Waals surface area contributed by atoms with Crippen LogP contribution < -0.4 is 10.6 Å². The molecule has 2 amide bonds. The van der Waals surface area contributed by atoms with E-state index in [1.165, 1.54) is 6.07 Å². The number of nitro benzene ring substituents is 1. The van der Waals surface area contributed by atoms with Gasteiger partial charge in [-0.15, -0.1) is 0 Å². The Balaban J connectivity index is 1.87. The second kappa shape index (κ2) is 7.70. The van der Waals surface area contributed by atoms with Crippen molar-refractivity contribution in [2.45, 2.75) is 19.0 Å². The van der Waals surface area contributed by atoms with Gasteiger partial charge in [0.2, 0.25) is 5.91 Å². The number of halogens is 4. The first kappa shape index (κ1) is 20.6. The van der Waals surface area contributed by atoms with E-state index in [0.717, 1.165) is 30.3 Å². The summed E-state index contributed by atoms with van der Waals surface area (Å²) in [5, 5.41) is 15.2. The largest absolute Gasteiger partial charge is 0.418 e. The van der Waals surface area contributed by atoms with Crippen LogP contribution in [0.15, 0.2) is 36.4 Å². The average Bonchev–Trinajstić information content (AvgIpc) is 3.47. The molecule has 1 aliphatic carbocycles. The molecule has 0 heterocycles. The van der Waals surface area contributed by atoms with Gasteiger partial charge in [0.05, 0.1) is 16.2 Å². The number of nitro groups is 1. The number of hydrogen-bond acceptors (Lipinski definition) is 4. The number of benzene rings is 2. The van der Waals surface area contributed by atoms with Crippen molar-refractivity contribution >= 4 is 40.5 Å². The fraction of sp³-hybridized carbons (Fsp3) is 0.222. The number of carbonyl (C=O) groups is 2. The van der Waals surface area contributed by atoms with Crippen molar-refractivity contribution in [3.05, 3.63) is 62.7 Å². The van der Waals surface area contributed by atoms with E-state index >= 15 is 0 Å². The summed E-state index contributed by atoms with van der Waals surface area (Å²) in [6, 6.07) is 6.09. The molecular weight excluding hydrogens is 415 g/mol. The predicted octanol–water partition coefficient (Wildman–Crippen LogP) is 4.87. The molecule has 0 aromatic heterocycles. The van der Waals surface area contributed by atoms with Crippen molar-refractivity contribution in [2.75, 3.05) is 10.6 Å².